The zero-order valence-corrected chi connectivity index (χ0v) is 12.0. The molecule has 0 aliphatic heterocycles. The quantitative estimate of drug-likeness (QED) is 0.915. The molecule has 102 valence electrons. The topological polar surface area (TPSA) is 45.0 Å². The molecule has 0 aromatic heterocycles. The van der Waals surface area contributed by atoms with Gasteiger partial charge in [0, 0.05) is 12.6 Å². The molecule has 0 bridgehead atoms. The number of nitrogens with one attached hydrogen (secondary N) is 1. The lowest BCUT2D eigenvalue weighted by Crippen LogP contribution is -2.03. The number of rotatable bonds is 4. The van der Waals surface area contributed by atoms with E-state index in [1.807, 2.05) is 6.07 Å². The number of nitriles is 1. The lowest BCUT2D eigenvalue weighted by atomic mass is 10.1. The number of hydrogen-bond donors (Lipinski definition) is 1. The van der Waals surface area contributed by atoms with Crippen LogP contribution in [0.1, 0.15) is 22.3 Å². The molecule has 2 rings (SSSR count). The van der Waals surface area contributed by atoms with Crippen LogP contribution in [0.2, 0.25) is 0 Å². The first-order chi connectivity index (χ1) is 9.63. The first-order valence-corrected chi connectivity index (χ1v) is 6.52. The van der Waals surface area contributed by atoms with Crippen molar-refractivity contribution in [1.82, 2.24) is 0 Å². The van der Waals surface area contributed by atoms with Crippen LogP contribution in [0.4, 0.5) is 5.69 Å². The summed E-state index contributed by atoms with van der Waals surface area (Å²) in [6.07, 6.45) is 0. The fraction of sp³-hybridized carbons (Fsp3) is 0.235. The maximum atomic E-state index is 8.89. The van der Waals surface area contributed by atoms with Gasteiger partial charge in [0.2, 0.25) is 0 Å². The van der Waals surface area contributed by atoms with Crippen LogP contribution in [0.25, 0.3) is 0 Å². The zero-order valence-electron chi connectivity index (χ0n) is 12.0. The Morgan fingerprint density at radius 2 is 1.95 bits per heavy atom. The normalized spacial score (nSPS) is 9.90. The first-order valence-electron chi connectivity index (χ1n) is 6.52. The second-order valence-electron chi connectivity index (χ2n) is 4.81. The second-order valence-corrected chi connectivity index (χ2v) is 4.81. The highest BCUT2D eigenvalue weighted by Crippen LogP contribution is 2.26. The largest absolute Gasteiger partial charge is 0.495 e. The Labute approximate surface area is 119 Å². The van der Waals surface area contributed by atoms with Gasteiger partial charge in [0.15, 0.2) is 0 Å². The van der Waals surface area contributed by atoms with Gasteiger partial charge in [0.05, 0.1) is 24.4 Å². The third-order valence-corrected chi connectivity index (χ3v) is 3.30. The molecule has 0 spiro atoms. The van der Waals surface area contributed by atoms with Crippen LogP contribution in [-0.4, -0.2) is 7.11 Å². The third-order valence-electron chi connectivity index (χ3n) is 3.30. The summed E-state index contributed by atoms with van der Waals surface area (Å²) in [4.78, 5) is 0. The molecule has 2 aromatic rings. The van der Waals surface area contributed by atoms with E-state index < -0.39 is 0 Å². The van der Waals surface area contributed by atoms with Crippen LogP contribution < -0.4 is 10.1 Å². The van der Waals surface area contributed by atoms with E-state index in [9.17, 15) is 0 Å². The minimum absolute atomic E-state index is 0.596. The summed E-state index contributed by atoms with van der Waals surface area (Å²) in [5.41, 5.74) is 5.28. The monoisotopic (exact) mass is 266 g/mol. The highest BCUT2D eigenvalue weighted by Gasteiger charge is 2.05. The Balaban J connectivity index is 2.16. The van der Waals surface area contributed by atoms with Crippen molar-refractivity contribution in [1.29, 1.82) is 5.26 Å². The maximum absolute atomic E-state index is 8.89. The Hall–Kier alpha value is -2.47. The minimum Gasteiger partial charge on any atom is -0.495 e. The highest BCUT2D eigenvalue weighted by atomic mass is 16.5. The summed E-state index contributed by atoms with van der Waals surface area (Å²) in [6, 6.07) is 13.9. The SMILES string of the molecule is COc1cc(C#N)ccc1NCc1ccc(C)cc1C. The summed E-state index contributed by atoms with van der Waals surface area (Å²) >= 11 is 0. The van der Waals surface area contributed by atoms with E-state index in [1.54, 1.807) is 19.2 Å². The van der Waals surface area contributed by atoms with Crippen molar-refractivity contribution in [2.24, 2.45) is 0 Å². The van der Waals surface area contributed by atoms with Gasteiger partial charge >= 0.3 is 0 Å². The van der Waals surface area contributed by atoms with Gasteiger partial charge < -0.3 is 10.1 Å². The maximum Gasteiger partial charge on any atom is 0.143 e. The van der Waals surface area contributed by atoms with Crippen LogP contribution in [0.3, 0.4) is 0 Å². The number of benzene rings is 2. The average molecular weight is 266 g/mol. The number of anilines is 1. The summed E-state index contributed by atoms with van der Waals surface area (Å²) in [7, 11) is 1.61. The molecule has 20 heavy (non-hydrogen) atoms. The highest BCUT2D eigenvalue weighted by molar-refractivity contribution is 5.59. The van der Waals surface area contributed by atoms with Gasteiger partial charge in [-0.2, -0.15) is 5.26 Å². The number of methoxy groups -OCH3 is 1. The number of aryl methyl sites for hydroxylation is 2. The molecule has 0 radical (unpaired) electrons. The van der Waals surface area contributed by atoms with Gasteiger partial charge in [0.1, 0.15) is 5.75 Å². The van der Waals surface area contributed by atoms with E-state index in [2.05, 4.69) is 43.4 Å². The molecule has 0 aliphatic rings. The van der Waals surface area contributed by atoms with Gasteiger partial charge in [-0.1, -0.05) is 23.8 Å². The first kappa shape index (κ1) is 14.0. The second kappa shape index (κ2) is 6.12. The van der Waals surface area contributed by atoms with Crippen LogP contribution in [0, 0.1) is 25.2 Å². The Bertz CT molecular complexity index is 657. The predicted octanol–water partition coefficient (Wildman–Crippen LogP) is 3.80. The molecule has 0 saturated heterocycles. The third kappa shape index (κ3) is 3.10. The molecule has 0 heterocycles. The van der Waals surface area contributed by atoms with Crippen molar-refractivity contribution in [3.63, 3.8) is 0 Å². The lowest BCUT2D eigenvalue weighted by molar-refractivity contribution is 0.416. The van der Waals surface area contributed by atoms with E-state index >= 15 is 0 Å². The van der Waals surface area contributed by atoms with Gasteiger partial charge in [-0.25, -0.2) is 0 Å². The van der Waals surface area contributed by atoms with Crippen molar-refractivity contribution in [2.75, 3.05) is 12.4 Å². The molecular weight excluding hydrogens is 248 g/mol. The van der Waals surface area contributed by atoms with Gasteiger partial charge in [-0.3, -0.25) is 0 Å². The summed E-state index contributed by atoms with van der Waals surface area (Å²) in [6.45, 7) is 4.93. The summed E-state index contributed by atoms with van der Waals surface area (Å²) < 4.78 is 5.31. The van der Waals surface area contributed by atoms with Crippen LogP contribution in [-0.2, 0) is 6.54 Å². The number of nitrogens with zero attached hydrogens (tertiary/aromatic N) is 1. The van der Waals surface area contributed by atoms with Crippen LogP contribution in [0.5, 0.6) is 5.75 Å². The Kier molecular flexibility index (Phi) is 4.27. The molecule has 1 N–H and O–H groups in total. The van der Waals surface area contributed by atoms with Gasteiger partial charge in [-0.05, 0) is 37.1 Å². The van der Waals surface area contributed by atoms with Crippen molar-refractivity contribution >= 4 is 5.69 Å². The molecular formula is C17H18N2O. The summed E-state index contributed by atoms with van der Waals surface area (Å²) in [5, 5.41) is 12.3. The van der Waals surface area contributed by atoms with Crippen molar-refractivity contribution in [3.05, 3.63) is 58.7 Å². The van der Waals surface area contributed by atoms with Crippen LogP contribution in [0.15, 0.2) is 36.4 Å². The number of ether oxygens (including phenoxy) is 1. The van der Waals surface area contributed by atoms with Gasteiger partial charge in [0.25, 0.3) is 0 Å². The minimum atomic E-state index is 0.596. The van der Waals surface area contributed by atoms with Crippen molar-refractivity contribution in [2.45, 2.75) is 20.4 Å². The lowest BCUT2D eigenvalue weighted by Gasteiger charge is -2.13. The predicted molar refractivity (Wildman–Crippen MR) is 81.0 cm³/mol. The van der Waals surface area contributed by atoms with E-state index in [-0.39, 0.29) is 0 Å². The van der Waals surface area contributed by atoms with E-state index in [0.29, 0.717) is 11.3 Å². The molecule has 0 saturated carbocycles. The fourth-order valence-corrected chi connectivity index (χ4v) is 2.14. The molecule has 3 heteroatoms. The van der Waals surface area contributed by atoms with E-state index in [4.69, 9.17) is 10.00 Å². The zero-order chi connectivity index (χ0) is 14.5. The van der Waals surface area contributed by atoms with Crippen molar-refractivity contribution < 1.29 is 4.74 Å². The van der Waals surface area contributed by atoms with E-state index in [1.165, 1.54) is 16.7 Å². The Morgan fingerprint density at radius 3 is 2.60 bits per heavy atom. The van der Waals surface area contributed by atoms with Crippen molar-refractivity contribution in [3.8, 4) is 11.8 Å². The number of hydrogen-bond acceptors (Lipinski definition) is 3. The van der Waals surface area contributed by atoms with E-state index in [0.717, 1.165) is 12.2 Å². The molecule has 0 amide bonds. The van der Waals surface area contributed by atoms with Crippen LogP contribution >= 0.6 is 0 Å². The molecule has 2 aromatic carbocycles. The summed E-state index contributed by atoms with van der Waals surface area (Å²) in [5.74, 6) is 0.689. The van der Waals surface area contributed by atoms with Gasteiger partial charge in [-0.15, -0.1) is 0 Å². The molecule has 0 aliphatic carbocycles. The smallest absolute Gasteiger partial charge is 0.143 e. The molecule has 0 fully saturated rings. The molecule has 0 unspecified atom stereocenters. The fourth-order valence-electron chi connectivity index (χ4n) is 2.14. The molecule has 3 nitrogen and oxygen atoms in total. The average Bonchev–Trinajstić information content (AvgIpc) is 2.46. The standard InChI is InChI=1S/C17H18N2O/c1-12-4-6-15(13(2)8-12)11-19-16-7-5-14(10-18)9-17(16)20-3/h4-9,19H,11H2,1-3H3. The molecule has 0 atom stereocenters. The Morgan fingerprint density at radius 1 is 1.15 bits per heavy atom.